The molecule has 1 aromatic heterocycles. The van der Waals surface area contributed by atoms with E-state index in [4.69, 9.17) is 0 Å². The third kappa shape index (κ3) is 3.96. The Morgan fingerprint density at radius 3 is 2.67 bits per heavy atom. The smallest absolute Gasteiger partial charge is 0.416 e. The first-order valence-corrected chi connectivity index (χ1v) is 10.1. The van der Waals surface area contributed by atoms with E-state index in [1.807, 2.05) is 0 Å². The molecule has 1 aromatic carbocycles. The predicted molar refractivity (Wildman–Crippen MR) is 106 cm³/mol. The number of nitrogens with zero attached hydrogens (tertiary/aromatic N) is 3. The third-order valence-corrected chi connectivity index (χ3v) is 5.95. The molecule has 0 aliphatic carbocycles. The lowest BCUT2D eigenvalue weighted by molar-refractivity contribution is -0.137. The largest absolute Gasteiger partial charge is 0.507 e. The number of phenolic OH excluding ortho intramolecular Hbond substituents is 1. The van der Waals surface area contributed by atoms with Crippen molar-refractivity contribution in [1.29, 1.82) is 0 Å². The van der Waals surface area contributed by atoms with Crippen LogP contribution in [0.25, 0.3) is 11.3 Å². The number of hydrogen-bond donors (Lipinski definition) is 3. The molecule has 0 bridgehead atoms. The molecule has 1 unspecified atom stereocenters. The number of fused-ring (bicyclic) bond motifs is 1. The SMILES string of the molecule is Cc1cc(C(F)(F)F)cc(O)c1-c1cc2c(nn1)N([C@@H]1CCCNC1)CC(CO)C2. The van der Waals surface area contributed by atoms with E-state index in [1.54, 1.807) is 6.07 Å². The van der Waals surface area contributed by atoms with Gasteiger partial charge in [-0.1, -0.05) is 0 Å². The van der Waals surface area contributed by atoms with E-state index in [2.05, 4.69) is 20.4 Å². The van der Waals surface area contributed by atoms with Crippen LogP contribution in [-0.4, -0.2) is 52.7 Å². The third-order valence-electron chi connectivity index (χ3n) is 5.95. The van der Waals surface area contributed by atoms with Gasteiger partial charge in [0.05, 0.1) is 11.3 Å². The summed E-state index contributed by atoms with van der Waals surface area (Å²) in [5, 5.41) is 32.2. The van der Waals surface area contributed by atoms with Crippen molar-refractivity contribution in [3.63, 3.8) is 0 Å². The molecule has 9 heteroatoms. The van der Waals surface area contributed by atoms with E-state index in [0.29, 0.717) is 18.7 Å². The van der Waals surface area contributed by atoms with Crippen LogP contribution in [0.3, 0.4) is 0 Å². The van der Waals surface area contributed by atoms with Crippen LogP contribution in [0.4, 0.5) is 19.0 Å². The predicted octanol–water partition coefficient (Wildman–Crippen LogP) is 2.90. The molecule has 30 heavy (non-hydrogen) atoms. The summed E-state index contributed by atoms with van der Waals surface area (Å²) in [6, 6.07) is 3.77. The van der Waals surface area contributed by atoms with E-state index in [-0.39, 0.29) is 29.7 Å². The number of nitrogens with one attached hydrogen (secondary N) is 1. The summed E-state index contributed by atoms with van der Waals surface area (Å²) in [5.41, 5.74) is 0.838. The molecule has 1 saturated heterocycles. The topological polar surface area (TPSA) is 81.5 Å². The minimum Gasteiger partial charge on any atom is -0.507 e. The van der Waals surface area contributed by atoms with Gasteiger partial charge in [0, 0.05) is 37.2 Å². The highest BCUT2D eigenvalue weighted by Crippen LogP contribution is 2.40. The molecule has 4 rings (SSSR count). The fourth-order valence-corrected chi connectivity index (χ4v) is 4.49. The number of anilines is 1. The van der Waals surface area contributed by atoms with Crippen LogP contribution in [0.2, 0.25) is 0 Å². The summed E-state index contributed by atoms with van der Waals surface area (Å²) in [6.07, 6.45) is -1.85. The summed E-state index contributed by atoms with van der Waals surface area (Å²) in [6.45, 7) is 4.06. The quantitative estimate of drug-likeness (QED) is 0.706. The highest BCUT2D eigenvalue weighted by Gasteiger charge is 2.34. The number of aromatic nitrogens is 2. The molecule has 3 heterocycles. The molecular weight excluding hydrogens is 397 g/mol. The molecule has 2 atom stereocenters. The summed E-state index contributed by atoms with van der Waals surface area (Å²) < 4.78 is 39.1. The maximum Gasteiger partial charge on any atom is 0.416 e. The van der Waals surface area contributed by atoms with Gasteiger partial charge in [0.1, 0.15) is 5.75 Å². The standard InChI is InChI=1S/C21H25F3N4O2/c1-12-5-15(21(22,23)24)8-18(30)19(12)17-7-14-6-13(11-29)10-28(20(14)27-26-17)16-3-2-4-25-9-16/h5,7-8,13,16,25,29-30H,2-4,6,9-11H2,1H3/t13?,16-/m1/s1. The molecule has 0 radical (unpaired) electrons. The van der Waals surface area contributed by atoms with Crippen molar-refractivity contribution in [2.24, 2.45) is 5.92 Å². The first-order chi connectivity index (χ1) is 14.3. The van der Waals surface area contributed by atoms with Crippen molar-refractivity contribution in [3.05, 3.63) is 34.9 Å². The van der Waals surface area contributed by atoms with Crippen LogP contribution >= 0.6 is 0 Å². The van der Waals surface area contributed by atoms with Gasteiger partial charge in [-0.2, -0.15) is 13.2 Å². The van der Waals surface area contributed by atoms with Crippen molar-refractivity contribution >= 4 is 5.82 Å². The molecule has 6 nitrogen and oxygen atoms in total. The molecule has 3 N–H and O–H groups in total. The summed E-state index contributed by atoms with van der Waals surface area (Å²) in [4.78, 5) is 2.18. The second-order valence-electron chi connectivity index (χ2n) is 8.17. The number of benzene rings is 1. The number of hydrogen-bond acceptors (Lipinski definition) is 6. The Labute approximate surface area is 172 Å². The highest BCUT2D eigenvalue weighted by molar-refractivity contribution is 5.73. The molecule has 0 spiro atoms. The van der Waals surface area contributed by atoms with Gasteiger partial charge in [0.25, 0.3) is 0 Å². The van der Waals surface area contributed by atoms with Crippen molar-refractivity contribution < 1.29 is 23.4 Å². The van der Waals surface area contributed by atoms with E-state index >= 15 is 0 Å². The molecule has 2 aliphatic heterocycles. The van der Waals surface area contributed by atoms with Gasteiger partial charge in [-0.15, -0.1) is 10.2 Å². The van der Waals surface area contributed by atoms with Crippen molar-refractivity contribution in [1.82, 2.24) is 15.5 Å². The normalized spacial score (nSPS) is 22.1. The molecular formula is C21H25F3N4O2. The van der Waals surface area contributed by atoms with Gasteiger partial charge in [0.2, 0.25) is 0 Å². The lowest BCUT2D eigenvalue weighted by Gasteiger charge is -2.41. The Balaban J connectivity index is 1.73. The molecule has 1 fully saturated rings. The van der Waals surface area contributed by atoms with E-state index < -0.39 is 17.5 Å². The van der Waals surface area contributed by atoms with Crippen LogP contribution in [0.15, 0.2) is 18.2 Å². The van der Waals surface area contributed by atoms with Crippen LogP contribution in [0.1, 0.15) is 29.5 Å². The molecule has 2 aliphatic rings. The molecule has 0 amide bonds. The number of phenols is 1. The number of aliphatic hydroxyl groups is 1. The summed E-state index contributed by atoms with van der Waals surface area (Å²) in [7, 11) is 0. The summed E-state index contributed by atoms with van der Waals surface area (Å²) in [5.74, 6) is 0.319. The fraction of sp³-hybridized carbons (Fsp3) is 0.524. The Kier molecular flexibility index (Phi) is 5.59. The summed E-state index contributed by atoms with van der Waals surface area (Å²) >= 11 is 0. The highest BCUT2D eigenvalue weighted by atomic mass is 19.4. The lowest BCUT2D eigenvalue weighted by Crippen LogP contribution is -2.51. The molecule has 2 aromatic rings. The Morgan fingerprint density at radius 1 is 1.23 bits per heavy atom. The van der Waals surface area contributed by atoms with Gasteiger partial charge in [-0.05, 0) is 62.1 Å². The number of rotatable bonds is 3. The number of halogens is 3. The Hall–Kier alpha value is -2.39. The van der Waals surface area contributed by atoms with Gasteiger partial charge in [0.15, 0.2) is 5.82 Å². The number of aryl methyl sites for hydroxylation is 1. The van der Waals surface area contributed by atoms with E-state index in [9.17, 15) is 23.4 Å². The zero-order valence-corrected chi connectivity index (χ0v) is 16.7. The Bertz CT molecular complexity index is 906. The average molecular weight is 422 g/mol. The number of alkyl halides is 3. The maximum absolute atomic E-state index is 13.0. The number of aliphatic hydroxyl groups excluding tert-OH is 1. The number of piperidine rings is 1. The number of aromatic hydroxyl groups is 1. The van der Waals surface area contributed by atoms with Crippen LogP contribution in [0, 0.1) is 12.8 Å². The average Bonchev–Trinajstić information content (AvgIpc) is 2.72. The zero-order chi connectivity index (χ0) is 21.5. The fourth-order valence-electron chi connectivity index (χ4n) is 4.49. The zero-order valence-electron chi connectivity index (χ0n) is 16.7. The molecule has 0 saturated carbocycles. The first-order valence-electron chi connectivity index (χ1n) is 10.1. The van der Waals surface area contributed by atoms with Crippen LogP contribution in [-0.2, 0) is 12.6 Å². The van der Waals surface area contributed by atoms with Gasteiger partial charge < -0.3 is 20.4 Å². The van der Waals surface area contributed by atoms with Gasteiger partial charge >= 0.3 is 6.18 Å². The minimum atomic E-state index is -4.54. The van der Waals surface area contributed by atoms with Crippen LogP contribution in [0.5, 0.6) is 5.75 Å². The Morgan fingerprint density at radius 2 is 2.03 bits per heavy atom. The van der Waals surface area contributed by atoms with Crippen molar-refractivity contribution in [2.45, 2.75) is 38.4 Å². The van der Waals surface area contributed by atoms with Gasteiger partial charge in [-0.3, -0.25) is 0 Å². The van der Waals surface area contributed by atoms with E-state index in [0.717, 1.165) is 49.4 Å². The monoisotopic (exact) mass is 422 g/mol. The second kappa shape index (κ2) is 8.03. The van der Waals surface area contributed by atoms with Crippen molar-refractivity contribution in [2.75, 3.05) is 31.1 Å². The van der Waals surface area contributed by atoms with Crippen molar-refractivity contribution in [3.8, 4) is 17.0 Å². The first kappa shape index (κ1) is 20.9. The second-order valence-corrected chi connectivity index (χ2v) is 8.17. The van der Waals surface area contributed by atoms with Crippen LogP contribution < -0.4 is 10.2 Å². The lowest BCUT2D eigenvalue weighted by atomic mass is 9.91. The molecule has 162 valence electrons. The maximum atomic E-state index is 13.0. The minimum absolute atomic E-state index is 0.0400. The van der Waals surface area contributed by atoms with Gasteiger partial charge in [-0.25, -0.2) is 0 Å². The van der Waals surface area contributed by atoms with E-state index in [1.165, 1.54) is 6.92 Å².